The van der Waals surface area contributed by atoms with Gasteiger partial charge in [-0.15, -0.1) is 0 Å². The minimum atomic E-state index is 0.196. The number of ether oxygens (including phenoxy) is 1. The Morgan fingerprint density at radius 3 is 2.68 bits per heavy atom. The van der Waals surface area contributed by atoms with Crippen molar-refractivity contribution in [3.63, 3.8) is 0 Å². The van der Waals surface area contributed by atoms with E-state index in [0.717, 1.165) is 30.1 Å². The highest BCUT2D eigenvalue weighted by Gasteiger charge is 2.23. The molecular weight excluding hydrogens is 236 g/mol. The molecular formula is C16H18N2O. The molecule has 0 spiro atoms. The van der Waals surface area contributed by atoms with Crippen LogP contribution in [-0.4, -0.2) is 19.7 Å². The van der Waals surface area contributed by atoms with Gasteiger partial charge in [0.1, 0.15) is 11.9 Å². The number of hydrogen-bond acceptors (Lipinski definition) is 3. The second-order valence-corrected chi connectivity index (χ2v) is 4.99. The van der Waals surface area contributed by atoms with E-state index in [1.807, 2.05) is 36.4 Å². The predicted molar refractivity (Wildman–Crippen MR) is 78.7 cm³/mol. The number of fused-ring (bicyclic) bond motifs is 1. The minimum Gasteiger partial charge on any atom is -0.488 e. The standard InChI is InChI=1S/C16H18N2O/c1-18(15-8-4-3-7-14(15)17)11-13-10-12-6-2-5-9-16(12)19-13/h2-9,13H,10-11,17H2,1H3. The molecule has 1 atom stereocenters. The molecule has 3 nitrogen and oxygen atoms in total. The third-order valence-electron chi connectivity index (χ3n) is 3.54. The fourth-order valence-corrected chi connectivity index (χ4v) is 2.59. The van der Waals surface area contributed by atoms with E-state index in [4.69, 9.17) is 10.5 Å². The minimum absolute atomic E-state index is 0.196. The van der Waals surface area contributed by atoms with E-state index in [0.29, 0.717) is 0 Å². The van der Waals surface area contributed by atoms with Crippen molar-refractivity contribution >= 4 is 11.4 Å². The lowest BCUT2D eigenvalue weighted by molar-refractivity contribution is 0.239. The normalized spacial score (nSPS) is 16.8. The van der Waals surface area contributed by atoms with Crippen molar-refractivity contribution in [2.24, 2.45) is 0 Å². The topological polar surface area (TPSA) is 38.5 Å². The Hall–Kier alpha value is -2.16. The molecule has 98 valence electrons. The van der Waals surface area contributed by atoms with Crippen LogP contribution in [0, 0.1) is 0 Å². The van der Waals surface area contributed by atoms with Gasteiger partial charge in [-0.3, -0.25) is 0 Å². The van der Waals surface area contributed by atoms with E-state index < -0.39 is 0 Å². The van der Waals surface area contributed by atoms with Gasteiger partial charge in [-0.2, -0.15) is 0 Å². The van der Waals surface area contributed by atoms with Crippen molar-refractivity contribution in [3.8, 4) is 5.75 Å². The molecule has 1 aliphatic heterocycles. The van der Waals surface area contributed by atoms with Gasteiger partial charge >= 0.3 is 0 Å². The lowest BCUT2D eigenvalue weighted by Gasteiger charge is -2.24. The summed E-state index contributed by atoms with van der Waals surface area (Å²) in [6, 6.07) is 16.2. The molecule has 0 amide bonds. The average molecular weight is 254 g/mol. The molecule has 19 heavy (non-hydrogen) atoms. The molecule has 1 heterocycles. The van der Waals surface area contributed by atoms with Crippen LogP contribution in [0.15, 0.2) is 48.5 Å². The Kier molecular flexibility index (Phi) is 3.03. The van der Waals surface area contributed by atoms with Crippen molar-refractivity contribution in [3.05, 3.63) is 54.1 Å². The molecule has 0 fully saturated rings. The van der Waals surface area contributed by atoms with Crippen molar-refractivity contribution in [1.82, 2.24) is 0 Å². The highest BCUT2D eigenvalue weighted by atomic mass is 16.5. The van der Waals surface area contributed by atoms with Crippen LogP contribution in [-0.2, 0) is 6.42 Å². The second-order valence-electron chi connectivity index (χ2n) is 4.99. The van der Waals surface area contributed by atoms with Gasteiger partial charge in [0.2, 0.25) is 0 Å². The number of likely N-dealkylation sites (N-methyl/N-ethyl adjacent to an activating group) is 1. The quantitative estimate of drug-likeness (QED) is 0.856. The number of rotatable bonds is 3. The van der Waals surface area contributed by atoms with E-state index in [1.165, 1.54) is 5.56 Å². The molecule has 0 aliphatic carbocycles. The molecule has 1 aliphatic rings. The summed E-state index contributed by atoms with van der Waals surface area (Å²) < 4.78 is 5.96. The van der Waals surface area contributed by atoms with Crippen LogP contribution in [0.1, 0.15) is 5.56 Å². The Balaban J connectivity index is 1.69. The molecule has 0 saturated carbocycles. The first-order valence-corrected chi connectivity index (χ1v) is 6.54. The third kappa shape index (κ3) is 2.36. The number of nitrogens with zero attached hydrogens (tertiary/aromatic N) is 1. The zero-order chi connectivity index (χ0) is 13.2. The molecule has 2 aromatic rings. The summed E-state index contributed by atoms with van der Waals surface area (Å²) in [5.41, 5.74) is 9.15. The maximum Gasteiger partial charge on any atom is 0.123 e. The Morgan fingerprint density at radius 2 is 1.89 bits per heavy atom. The monoisotopic (exact) mass is 254 g/mol. The van der Waals surface area contributed by atoms with E-state index >= 15 is 0 Å². The summed E-state index contributed by atoms with van der Waals surface area (Å²) in [4.78, 5) is 2.16. The zero-order valence-corrected chi connectivity index (χ0v) is 11.0. The molecule has 0 bridgehead atoms. The average Bonchev–Trinajstić information content (AvgIpc) is 2.81. The van der Waals surface area contributed by atoms with E-state index in [1.54, 1.807) is 0 Å². The highest BCUT2D eigenvalue weighted by molar-refractivity contribution is 5.67. The first-order valence-electron chi connectivity index (χ1n) is 6.54. The SMILES string of the molecule is CN(CC1Cc2ccccc2O1)c1ccccc1N. The zero-order valence-electron chi connectivity index (χ0n) is 11.0. The number of nitrogen functional groups attached to an aromatic ring is 1. The molecule has 0 radical (unpaired) electrons. The molecule has 2 N–H and O–H groups in total. The van der Waals surface area contributed by atoms with E-state index in [2.05, 4.69) is 24.1 Å². The van der Waals surface area contributed by atoms with Crippen LogP contribution in [0.3, 0.4) is 0 Å². The Labute approximate surface area is 113 Å². The highest BCUT2D eigenvalue weighted by Crippen LogP contribution is 2.29. The number of hydrogen-bond donors (Lipinski definition) is 1. The van der Waals surface area contributed by atoms with E-state index in [-0.39, 0.29) is 6.10 Å². The molecule has 2 aromatic carbocycles. The molecule has 3 heteroatoms. The molecule has 1 unspecified atom stereocenters. The van der Waals surface area contributed by atoms with Gasteiger partial charge in [-0.1, -0.05) is 30.3 Å². The maximum atomic E-state index is 6.00. The fraction of sp³-hybridized carbons (Fsp3) is 0.250. The fourth-order valence-electron chi connectivity index (χ4n) is 2.59. The summed E-state index contributed by atoms with van der Waals surface area (Å²) in [7, 11) is 2.05. The summed E-state index contributed by atoms with van der Waals surface area (Å²) in [5.74, 6) is 1.02. The van der Waals surface area contributed by atoms with Gasteiger partial charge < -0.3 is 15.4 Å². The van der Waals surface area contributed by atoms with Gasteiger partial charge in [0.05, 0.1) is 17.9 Å². The number of nitrogens with two attached hydrogens (primary N) is 1. The third-order valence-corrected chi connectivity index (χ3v) is 3.54. The van der Waals surface area contributed by atoms with Gasteiger partial charge in [0, 0.05) is 13.5 Å². The largest absolute Gasteiger partial charge is 0.488 e. The first-order chi connectivity index (χ1) is 9.24. The van der Waals surface area contributed by atoms with E-state index in [9.17, 15) is 0 Å². The number of benzene rings is 2. The van der Waals surface area contributed by atoms with Gasteiger partial charge in [-0.05, 0) is 23.8 Å². The van der Waals surface area contributed by atoms with Crippen LogP contribution in [0.4, 0.5) is 11.4 Å². The van der Waals surface area contributed by atoms with Crippen LogP contribution in [0.25, 0.3) is 0 Å². The molecule has 3 rings (SSSR count). The summed E-state index contributed by atoms with van der Waals surface area (Å²) in [6.07, 6.45) is 1.16. The van der Waals surface area contributed by atoms with Crippen molar-refractivity contribution in [2.45, 2.75) is 12.5 Å². The van der Waals surface area contributed by atoms with Crippen molar-refractivity contribution < 1.29 is 4.74 Å². The summed E-state index contributed by atoms with van der Waals surface area (Å²) in [6.45, 7) is 0.836. The van der Waals surface area contributed by atoms with Gasteiger partial charge in [-0.25, -0.2) is 0 Å². The van der Waals surface area contributed by atoms with Gasteiger partial charge in [0.25, 0.3) is 0 Å². The van der Waals surface area contributed by atoms with Crippen LogP contribution in [0.2, 0.25) is 0 Å². The lowest BCUT2D eigenvalue weighted by atomic mass is 10.1. The van der Waals surface area contributed by atoms with Crippen molar-refractivity contribution in [2.75, 3.05) is 24.2 Å². The smallest absolute Gasteiger partial charge is 0.123 e. The number of para-hydroxylation sites is 3. The van der Waals surface area contributed by atoms with Crippen LogP contribution in [0.5, 0.6) is 5.75 Å². The molecule has 0 saturated heterocycles. The summed E-state index contributed by atoms with van der Waals surface area (Å²) in [5, 5.41) is 0. The first kappa shape index (κ1) is 11.9. The summed E-state index contributed by atoms with van der Waals surface area (Å²) >= 11 is 0. The van der Waals surface area contributed by atoms with Gasteiger partial charge in [0.15, 0.2) is 0 Å². The Bertz CT molecular complexity index is 557. The maximum absolute atomic E-state index is 6.00. The molecule has 0 aromatic heterocycles. The second kappa shape index (κ2) is 4.84. The van der Waals surface area contributed by atoms with Crippen LogP contribution < -0.4 is 15.4 Å². The predicted octanol–water partition coefficient (Wildman–Crippen LogP) is 2.71. The van der Waals surface area contributed by atoms with Crippen LogP contribution >= 0.6 is 0 Å². The lowest BCUT2D eigenvalue weighted by Crippen LogP contribution is -2.32. The number of anilines is 2. The van der Waals surface area contributed by atoms with Crippen molar-refractivity contribution in [1.29, 1.82) is 0 Å². The Morgan fingerprint density at radius 1 is 1.16 bits per heavy atom.